The summed E-state index contributed by atoms with van der Waals surface area (Å²) in [6, 6.07) is 15.6. The molecule has 1 aliphatic heterocycles. The smallest absolute Gasteiger partial charge is 0.349 e. The Kier molecular flexibility index (Phi) is 6.56. The number of hydrogen-bond donors (Lipinski definition) is 2. The molecule has 4 N–H and O–H groups in total. The molecule has 1 heterocycles. The van der Waals surface area contributed by atoms with E-state index in [1.54, 1.807) is 14.2 Å². The number of halogens is 1. The number of ether oxygens (including phenoxy) is 3. The zero-order valence-corrected chi connectivity index (χ0v) is 19.7. The molecule has 0 saturated carbocycles. The van der Waals surface area contributed by atoms with Crippen LogP contribution < -0.4 is 31.1 Å². The number of carbonyl (C=O) groups excluding carboxylic acids is 1. The van der Waals surface area contributed by atoms with E-state index in [1.165, 1.54) is 0 Å². The van der Waals surface area contributed by atoms with E-state index in [0.717, 1.165) is 27.4 Å². The molecule has 8 nitrogen and oxygen atoms in total. The van der Waals surface area contributed by atoms with Crippen molar-refractivity contribution in [3.05, 3.63) is 71.1 Å². The summed E-state index contributed by atoms with van der Waals surface area (Å²) in [6.07, 6.45) is 0. The van der Waals surface area contributed by atoms with Crippen LogP contribution in [-0.4, -0.2) is 39.8 Å². The number of hydrogen-bond acceptors (Lipinski definition) is 7. The third-order valence-corrected chi connectivity index (χ3v) is 5.86. The minimum Gasteiger partial charge on any atom is -0.493 e. The predicted molar refractivity (Wildman–Crippen MR) is 134 cm³/mol. The maximum atomic E-state index is 11.5. The van der Waals surface area contributed by atoms with Crippen LogP contribution in [0.4, 0.5) is 0 Å². The lowest BCUT2D eigenvalue weighted by Crippen LogP contribution is -2.31. The Labute approximate surface area is 202 Å². The number of nitrogens with two attached hydrogens (primary N) is 2. The molecular weight excluding hydrogens is 457 g/mol. The maximum absolute atomic E-state index is 11.5. The van der Waals surface area contributed by atoms with Crippen molar-refractivity contribution in [3.63, 3.8) is 0 Å². The summed E-state index contributed by atoms with van der Waals surface area (Å²) in [6.45, 7) is 0. The minimum atomic E-state index is -0.745. The van der Waals surface area contributed by atoms with Gasteiger partial charge < -0.3 is 30.5 Å². The van der Waals surface area contributed by atoms with Gasteiger partial charge >= 0.3 is 5.97 Å². The van der Waals surface area contributed by atoms with Crippen LogP contribution in [0, 0.1) is 0 Å². The Balaban J connectivity index is 1.97. The van der Waals surface area contributed by atoms with Gasteiger partial charge in [0, 0.05) is 16.9 Å². The molecule has 0 bridgehead atoms. The Morgan fingerprint density at radius 3 is 2.65 bits per heavy atom. The van der Waals surface area contributed by atoms with E-state index < -0.39 is 11.9 Å². The summed E-state index contributed by atoms with van der Waals surface area (Å²) in [5, 5.41) is 5.66. The largest absolute Gasteiger partial charge is 0.493 e. The molecule has 3 aromatic rings. The standard InChI is InChI=1S/C24H23BClN3O5/c1-31-17-10-13(9-16(25)22(17)32-2)19-15-8-7-12-5-3-4-6-14(12)21(15)33-24(28)20(19)23(27)29-34-18(30)11-26/h3-10,19H,11,25,28H2,1-2H3,(H2,27,29). The van der Waals surface area contributed by atoms with Crippen molar-refractivity contribution in [3.8, 4) is 17.2 Å². The lowest BCUT2D eigenvalue weighted by molar-refractivity contribution is -0.140. The van der Waals surface area contributed by atoms with Crippen LogP contribution in [0.15, 0.2) is 65.1 Å². The van der Waals surface area contributed by atoms with Crippen LogP contribution in [-0.2, 0) is 9.63 Å². The van der Waals surface area contributed by atoms with Crippen LogP contribution in [0.3, 0.4) is 0 Å². The van der Waals surface area contributed by atoms with Crippen molar-refractivity contribution in [1.82, 2.24) is 0 Å². The van der Waals surface area contributed by atoms with Gasteiger partial charge in [-0.25, -0.2) is 4.79 Å². The highest BCUT2D eigenvalue weighted by Gasteiger charge is 2.34. The van der Waals surface area contributed by atoms with E-state index in [1.807, 2.05) is 56.4 Å². The van der Waals surface area contributed by atoms with Crippen LogP contribution in [0.1, 0.15) is 17.0 Å². The van der Waals surface area contributed by atoms with Crippen molar-refractivity contribution in [1.29, 1.82) is 0 Å². The molecule has 0 radical (unpaired) electrons. The summed E-state index contributed by atoms with van der Waals surface area (Å²) in [5.74, 6) is 0.117. The van der Waals surface area contributed by atoms with Crippen molar-refractivity contribution in [2.75, 3.05) is 20.1 Å². The van der Waals surface area contributed by atoms with Crippen molar-refractivity contribution >= 4 is 47.5 Å². The van der Waals surface area contributed by atoms with Crippen molar-refractivity contribution < 1.29 is 23.8 Å². The first-order valence-corrected chi connectivity index (χ1v) is 10.9. The lowest BCUT2D eigenvalue weighted by Gasteiger charge is -2.30. The van der Waals surface area contributed by atoms with Gasteiger partial charge in [-0.1, -0.05) is 47.6 Å². The number of rotatable bonds is 6. The summed E-state index contributed by atoms with van der Waals surface area (Å²) < 4.78 is 17.1. The van der Waals surface area contributed by atoms with E-state index in [2.05, 4.69) is 5.16 Å². The fraction of sp³-hybridized carbons (Fsp3) is 0.167. The van der Waals surface area contributed by atoms with E-state index in [-0.39, 0.29) is 17.6 Å². The minimum absolute atomic E-state index is 0.0458. The van der Waals surface area contributed by atoms with E-state index in [9.17, 15) is 4.79 Å². The molecule has 0 fully saturated rings. The Bertz CT molecular complexity index is 1340. The summed E-state index contributed by atoms with van der Waals surface area (Å²) in [5.41, 5.74) is 15.5. The molecule has 0 amide bonds. The number of amidine groups is 1. The Morgan fingerprint density at radius 1 is 1.18 bits per heavy atom. The normalized spacial score (nSPS) is 15.5. The average Bonchev–Trinajstić information content (AvgIpc) is 2.85. The van der Waals surface area contributed by atoms with Gasteiger partial charge in [0.05, 0.1) is 19.8 Å². The number of fused-ring (bicyclic) bond motifs is 3. The number of alkyl halides is 1. The number of methoxy groups -OCH3 is 2. The SMILES string of the molecule is Bc1cc(C2C(/C(N)=N/OC(=O)CCl)=C(N)Oc3c2ccc2ccccc32)cc(OC)c1OC. The van der Waals surface area contributed by atoms with Gasteiger partial charge in [0.1, 0.15) is 19.5 Å². The molecule has 3 aromatic carbocycles. The average molecular weight is 480 g/mol. The van der Waals surface area contributed by atoms with E-state index in [0.29, 0.717) is 22.8 Å². The van der Waals surface area contributed by atoms with Gasteiger partial charge in [-0.15, -0.1) is 11.6 Å². The van der Waals surface area contributed by atoms with Crippen LogP contribution >= 0.6 is 11.6 Å². The molecule has 1 atom stereocenters. The zero-order valence-electron chi connectivity index (χ0n) is 18.9. The predicted octanol–water partition coefficient (Wildman–Crippen LogP) is 1.86. The molecule has 0 aromatic heterocycles. The number of oxime groups is 1. The number of nitrogens with zero attached hydrogens (tertiary/aromatic N) is 1. The highest BCUT2D eigenvalue weighted by molar-refractivity contribution is 6.34. The second-order valence-electron chi connectivity index (χ2n) is 7.66. The Morgan fingerprint density at radius 2 is 1.94 bits per heavy atom. The van der Waals surface area contributed by atoms with Gasteiger partial charge in [-0.2, -0.15) is 0 Å². The third kappa shape index (κ3) is 4.10. The molecular formula is C24H23BClN3O5. The van der Waals surface area contributed by atoms with Gasteiger partial charge in [-0.3, -0.25) is 0 Å². The molecule has 4 rings (SSSR count). The number of carbonyl (C=O) groups is 1. The second kappa shape index (κ2) is 9.57. The van der Waals surface area contributed by atoms with Crippen LogP contribution in [0.25, 0.3) is 10.8 Å². The van der Waals surface area contributed by atoms with Crippen LogP contribution in [0.2, 0.25) is 0 Å². The van der Waals surface area contributed by atoms with Crippen LogP contribution in [0.5, 0.6) is 17.2 Å². The molecule has 10 heteroatoms. The summed E-state index contributed by atoms with van der Waals surface area (Å²) in [7, 11) is 5.07. The first-order valence-electron chi connectivity index (χ1n) is 10.4. The fourth-order valence-electron chi connectivity index (χ4n) is 4.21. The molecule has 0 spiro atoms. The quantitative estimate of drug-likeness (QED) is 0.138. The first-order chi connectivity index (χ1) is 16.4. The van der Waals surface area contributed by atoms with Gasteiger partial charge in [0.2, 0.25) is 0 Å². The molecule has 0 aliphatic carbocycles. The summed E-state index contributed by atoms with van der Waals surface area (Å²) >= 11 is 5.50. The summed E-state index contributed by atoms with van der Waals surface area (Å²) in [4.78, 5) is 16.4. The molecule has 0 saturated heterocycles. The topological polar surface area (TPSA) is 118 Å². The zero-order chi connectivity index (χ0) is 24.4. The van der Waals surface area contributed by atoms with Crippen molar-refractivity contribution in [2.24, 2.45) is 16.6 Å². The second-order valence-corrected chi connectivity index (χ2v) is 7.93. The fourth-order valence-corrected chi connectivity index (χ4v) is 4.25. The molecule has 1 aliphatic rings. The Hall–Kier alpha value is -3.85. The van der Waals surface area contributed by atoms with Gasteiger partial charge in [0.25, 0.3) is 0 Å². The van der Waals surface area contributed by atoms with Gasteiger partial charge in [0.15, 0.2) is 23.2 Å². The third-order valence-electron chi connectivity index (χ3n) is 5.64. The van der Waals surface area contributed by atoms with E-state index >= 15 is 0 Å². The monoisotopic (exact) mass is 479 g/mol. The van der Waals surface area contributed by atoms with Crippen molar-refractivity contribution in [2.45, 2.75) is 5.92 Å². The van der Waals surface area contributed by atoms with E-state index in [4.69, 9.17) is 42.1 Å². The number of benzene rings is 3. The molecule has 174 valence electrons. The molecule has 34 heavy (non-hydrogen) atoms. The molecule has 1 unspecified atom stereocenters. The maximum Gasteiger partial charge on any atom is 0.349 e. The highest BCUT2D eigenvalue weighted by atomic mass is 35.5. The lowest BCUT2D eigenvalue weighted by atomic mass is 9.79. The highest BCUT2D eigenvalue weighted by Crippen LogP contribution is 2.46. The first kappa shape index (κ1) is 23.3. The van der Waals surface area contributed by atoms with Gasteiger partial charge in [-0.05, 0) is 22.5 Å².